The largest absolute Gasteiger partial charge is 0.471 e. The monoisotopic (exact) mass is 445 g/mol. The molecule has 0 amide bonds. The molecule has 4 rings (SSSR count). The van der Waals surface area contributed by atoms with Gasteiger partial charge in [-0.1, -0.05) is 50.1 Å². The number of hydrogen-bond acceptors (Lipinski definition) is 6. The van der Waals surface area contributed by atoms with Crippen LogP contribution in [0.25, 0.3) is 0 Å². The Labute approximate surface area is 193 Å². The molecule has 2 heterocycles. The first-order valence-electron chi connectivity index (χ1n) is 11.3. The van der Waals surface area contributed by atoms with Crippen LogP contribution in [0.2, 0.25) is 0 Å². The summed E-state index contributed by atoms with van der Waals surface area (Å²) in [6, 6.07) is 17.9. The molecule has 0 aliphatic carbocycles. The highest BCUT2D eigenvalue weighted by Gasteiger charge is 2.33. The summed E-state index contributed by atoms with van der Waals surface area (Å²) < 4.78 is 6.35. The van der Waals surface area contributed by atoms with Gasteiger partial charge in [-0.25, -0.2) is 0 Å². The molecule has 1 aromatic heterocycles. The number of anilines is 1. The highest BCUT2D eigenvalue weighted by atomic mass is 16.6. The average Bonchev–Trinajstić information content (AvgIpc) is 2.85. The van der Waals surface area contributed by atoms with E-state index in [2.05, 4.69) is 11.9 Å². The Hall–Kier alpha value is -3.74. The number of benzene rings is 2. The van der Waals surface area contributed by atoms with Crippen LogP contribution in [0.1, 0.15) is 48.5 Å². The van der Waals surface area contributed by atoms with Crippen LogP contribution < -0.4 is 9.64 Å². The van der Waals surface area contributed by atoms with Gasteiger partial charge in [0, 0.05) is 30.3 Å². The lowest BCUT2D eigenvalue weighted by molar-refractivity contribution is -0.384. The van der Waals surface area contributed by atoms with Crippen molar-refractivity contribution >= 4 is 17.2 Å². The molecule has 0 radical (unpaired) electrons. The minimum atomic E-state index is -0.401. The number of nitro groups is 1. The summed E-state index contributed by atoms with van der Waals surface area (Å²) in [5, 5.41) is 11.6. The summed E-state index contributed by atoms with van der Waals surface area (Å²) in [7, 11) is 0. The molecule has 2 unspecified atom stereocenters. The number of carbonyl (C=O) groups excluding carboxylic acids is 1. The normalized spacial score (nSPS) is 18.0. The van der Waals surface area contributed by atoms with Crippen molar-refractivity contribution in [2.24, 2.45) is 5.92 Å². The van der Waals surface area contributed by atoms with Crippen LogP contribution in [-0.2, 0) is 0 Å². The van der Waals surface area contributed by atoms with Crippen molar-refractivity contribution in [1.82, 2.24) is 4.98 Å². The van der Waals surface area contributed by atoms with Crippen LogP contribution >= 0.6 is 0 Å². The molecule has 1 saturated heterocycles. The highest BCUT2D eigenvalue weighted by molar-refractivity contribution is 6.08. The quantitative estimate of drug-likeness (QED) is 0.253. The lowest BCUT2D eigenvalue weighted by Gasteiger charge is -2.40. The Morgan fingerprint density at radius 2 is 1.85 bits per heavy atom. The predicted molar refractivity (Wildman–Crippen MR) is 127 cm³/mol. The van der Waals surface area contributed by atoms with Crippen molar-refractivity contribution in [1.29, 1.82) is 0 Å². The average molecular weight is 446 g/mol. The molecule has 7 nitrogen and oxygen atoms in total. The number of pyridine rings is 1. The number of ketones is 1. The zero-order valence-corrected chi connectivity index (χ0v) is 18.6. The molecule has 0 N–H and O–H groups in total. The molecule has 33 heavy (non-hydrogen) atoms. The zero-order chi connectivity index (χ0) is 23.2. The first kappa shape index (κ1) is 22.5. The Morgan fingerprint density at radius 3 is 2.55 bits per heavy atom. The van der Waals surface area contributed by atoms with Gasteiger partial charge in [-0.3, -0.25) is 19.9 Å². The fourth-order valence-corrected chi connectivity index (χ4v) is 4.41. The van der Waals surface area contributed by atoms with Crippen LogP contribution in [0.4, 0.5) is 11.4 Å². The lowest BCUT2D eigenvalue weighted by Crippen LogP contribution is -2.46. The Balaban J connectivity index is 1.56. The van der Waals surface area contributed by atoms with Gasteiger partial charge in [-0.05, 0) is 42.7 Å². The molecule has 3 aromatic rings. The van der Waals surface area contributed by atoms with E-state index in [0.29, 0.717) is 35.0 Å². The van der Waals surface area contributed by atoms with Gasteiger partial charge in [0.1, 0.15) is 17.6 Å². The summed E-state index contributed by atoms with van der Waals surface area (Å²) in [5.74, 6) is 1.08. The van der Waals surface area contributed by atoms with Gasteiger partial charge in [0.25, 0.3) is 0 Å². The van der Waals surface area contributed by atoms with E-state index in [-0.39, 0.29) is 17.7 Å². The number of hydrogen-bond donors (Lipinski definition) is 0. The maximum Gasteiger partial charge on any atom is 0.310 e. The van der Waals surface area contributed by atoms with E-state index < -0.39 is 4.92 Å². The maximum absolute atomic E-state index is 12.7. The first-order chi connectivity index (χ1) is 16.1. The topological polar surface area (TPSA) is 85.6 Å². The van der Waals surface area contributed by atoms with Gasteiger partial charge in [-0.15, -0.1) is 0 Å². The SMILES string of the molecule is CCCC1CCN(c2ccncc2[N+](=O)[O-])C(Oc2ccc(C(=O)c3ccccc3)cc2)C1. The van der Waals surface area contributed by atoms with Gasteiger partial charge in [-0.2, -0.15) is 0 Å². The fraction of sp³-hybridized carbons (Fsp3) is 0.308. The number of nitrogens with zero attached hydrogens (tertiary/aromatic N) is 3. The van der Waals surface area contributed by atoms with E-state index in [1.54, 1.807) is 48.7 Å². The van der Waals surface area contributed by atoms with Crippen LogP contribution in [-0.4, -0.2) is 28.5 Å². The molecule has 1 fully saturated rings. The third-order valence-electron chi connectivity index (χ3n) is 6.07. The predicted octanol–water partition coefficient (Wildman–Crippen LogP) is 5.64. The molecule has 0 bridgehead atoms. The van der Waals surface area contributed by atoms with Gasteiger partial charge >= 0.3 is 5.69 Å². The molecule has 0 saturated carbocycles. The fourth-order valence-electron chi connectivity index (χ4n) is 4.41. The van der Waals surface area contributed by atoms with Crippen molar-refractivity contribution in [3.05, 3.63) is 94.3 Å². The molecule has 2 atom stereocenters. The van der Waals surface area contributed by atoms with Crippen LogP contribution in [0.15, 0.2) is 73.1 Å². The van der Waals surface area contributed by atoms with Gasteiger partial charge in [0.05, 0.1) is 4.92 Å². The smallest absolute Gasteiger partial charge is 0.310 e. The maximum atomic E-state index is 12.7. The Kier molecular flexibility index (Phi) is 6.98. The van der Waals surface area contributed by atoms with Crippen molar-refractivity contribution in [3.63, 3.8) is 0 Å². The van der Waals surface area contributed by atoms with E-state index in [1.165, 1.54) is 6.20 Å². The van der Waals surface area contributed by atoms with E-state index in [9.17, 15) is 14.9 Å². The van der Waals surface area contributed by atoms with E-state index >= 15 is 0 Å². The van der Waals surface area contributed by atoms with E-state index in [1.807, 2.05) is 23.1 Å². The highest BCUT2D eigenvalue weighted by Crippen LogP contribution is 2.36. The number of ether oxygens (including phenoxy) is 1. The van der Waals surface area contributed by atoms with Crippen LogP contribution in [0.5, 0.6) is 5.75 Å². The van der Waals surface area contributed by atoms with Crippen LogP contribution in [0, 0.1) is 16.0 Å². The van der Waals surface area contributed by atoms with Gasteiger partial charge in [0.15, 0.2) is 12.0 Å². The molecular weight excluding hydrogens is 418 g/mol. The summed E-state index contributed by atoms with van der Waals surface area (Å²) in [4.78, 5) is 29.8. The van der Waals surface area contributed by atoms with Crippen molar-refractivity contribution < 1.29 is 14.5 Å². The van der Waals surface area contributed by atoms with Crippen molar-refractivity contribution in [3.8, 4) is 5.75 Å². The molecule has 2 aromatic carbocycles. The third-order valence-corrected chi connectivity index (χ3v) is 6.07. The molecule has 1 aliphatic heterocycles. The molecule has 7 heteroatoms. The van der Waals surface area contributed by atoms with E-state index in [4.69, 9.17) is 4.74 Å². The van der Waals surface area contributed by atoms with Crippen molar-refractivity contribution in [2.45, 2.75) is 38.8 Å². The van der Waals surface area contributed by atoms with Gasteiger partial charge in [0.2, 0.25) is 0 Å². The Bertz CT molecular complexity index is 1100. The second-order valence-corrected chi connectivity index (χ2v) is 8.29. The van der Waals surface area contributed by atoms with Crippen LogP contribution in [0.3, 0.4) is 0 Å². The minimum absolute atomic E-state index is 0.0242. The third kappa shape index (κ3) is 5.19. The molecule has 0 spiro atoms. The minimum Gasteiger partial charge on any atom is -0.471 e. The molecular formula is C26H27N3O4. The lowest BCUT2D eigenvalue weighted by atomic mass is 9.91. The van der Waals surface area contributed by atoms with Crippen molar-refractivity contribution in [2.75, 3.05) is 11.4 Å². The number of carbonyl (C=O) groups is 1. The number of piperidine rings is 1. The second kappa shape index (κ2) is 10.3. The summed E-state index contributed by atoms with van der Waals surface area (Å²) in [6.07, 6.45) is 6.43. The van der Waals surface area contributed by atoms with E-state index in [0.717, 1.165) is 25.7 Å². The second-order valence-electron chi connectivity index (χ2n) is 8.29. The summed E-state index contributed by atoms with van der Waals surface area (Å²) in [6.45, 7) is 2.84. The summed E-state index contributed by atoms with van der Waals surface area (Å²) >= 11 is 0. The number of rotatable bonds is 8. The molecule has 1 aliphatic rings. The Morgan fingerprint density at radius 1 is 1.12 bits per heavy atom. The van der Waals surface area contributed by atoms with Gasteiger partial charge < -0.3 is 9.64 Å². The number of aromatic nitrogens is 1. The standard InChI is InChI=1S/C26H27N3O4/c1-2-6-19-14-16-28(23-13-15-27-18-24(23)29(31)32)25(17-19)33-22-11-9-21(10-12-22)26(30)20-7-4-3-5-8-20/h3-5,7-13,15,18-19,25H,2,6,14,16-17H2,1H3. The zero-order valence-electron chi connectivity index (χ0n) is 18.6. The molecule has 170 valence electrons. The summed E-state index contributed by atoms with van der Waals surface area (Å²) in [5.41, 5.74) is 1.72. The first-order valence-corrected chi connectivity index (χ1v) is 11.3.